The summed E-state index contributed by atoms with van der Waals surface area (Å²) in [6.45, 7) is 6.54. The molecule has 6 atom stereocenters. The van der Waals surface area contributed by atoms with Crippen molar-refractivity contribution in [2.75, 3.05) is 39.3 Å². The lowest BCUT2D eigenvalue weighted by atomic mass is 9.52. The summed E-state index contributed by atoms with van der Waals surface area (Å²) in [5, 5.41) is 11.8. The maximum atomic E-state index is 10.8. The van der Waals surface area contributed by atoms with Gasteiger partial charge >= 0.3 is 0 Å². The zero-order valence-electron chi connectivity index (χ0n) is 28.9. The molecule has 0 saturated carbocycles. The number of hydrogen-bond acceptors (Lipinski definition) is 5. The number of allylic oxidation sites excluding steroid dienone is 8. The lowest BCUT2D eigenvalue weighted by Gasteiger charge is -2.64. The monoisotopic (exact) mass is 644 g/mol. The summed E-state index contributed by atoms with van der Waals surface area (Å²) in [4.78, 5) is 10.9. The van der Waals surface area contributed by atoms with Crippen molar-refractivity contribution in [3.63, 3.8) is 0 Å². The van der Waals surface area contributed by atoms with Crippen LogP contribution in [0.3, 0.4) is 0 Å². The zero-order valence-corrected chi connectivity index (χ0v) is 28.9. The first kappa shape index (κ1) is 33.3. The second-order valence-electron chi connectivity index (χ2n) is 14.9. The third kappa shape index (κ3) is 6.92. The Bertz CT molecular complexity index is 1610. The van der Waals surface area contributed by atoms with Crippen LogP contribution >= 0.6 is 0 Å². The molecule has 254 valence electrons. The molecule has 6 heterocycles. The minimum absolute atomic E-state index is 0.267. The molecule has 8 rings (SSSR count). The van der Waals surface area contributed by atoms with E-state index in [1.807, 2.05) is 6.07 Å². The molecule has 1 spiro atoms. The Hall–Kier alpha value is -3.25. The molecule has 1 aromatic heterocycles. The van der Waals surface area contributed by atoms with Gasteiger partial charge in [0.15, 0.2) is 0 Å². The van der Waals surface area contributed by atoms with Crippen LogP contribution in [0.4, 0.5) is 0 Å². The van der Waals surface area contributed by atoms with Gasteiger partial charge in [0, 0.05) is 42.2 Å². The number of pyridine rings is 1. The van der Waals surface area contributed by atoms with E-state index in [4.69, 9.17) is 10.7 Å². The molecule has 5 nitrogen and oxygen atoms in total. The Labute approximate surface area is 288 Å². The summed E-state index contributed by atoms with van der Waals surface area (Å²) >= 11 is 0. The van der Waals surface area contributed by atoms with E-state index in [2.05, 4.69) is 82.7 Å². The van der Waals surface area contributed by atoms with Crippen LogP contribution in [-0.4, -0.2) is 65.2 Å². The second-order valence-corrected chi connectivity index (χ2v) is 14.9. The SMILES string of the molecule is NCCc1c2c(nc3c(O)cccc13)CCCCN1CC3C=C4C/C=C\C/C=C\C/C=C\C/C=C\CCN5CCC3C(CC/C=C\2)(C5)C41. The van der Waals surface area contributed by atoms with Gasteiger partial charge in [-0.3, -0.25) is 4.90 Å². The van der Waals surface area contributed by atoms with Gasteiger partial charge in [0.1, 0.15) is 11.3 Å². The number of nitrogens with two attached hydrogens (primary N) is 1. The van der Waals surface area contributed by atoms with Crippen LogP contribution in [0, 0.1) is 17.3 Å². The molecule has 1 aromatic carbocycles. The molecular formula is C43H56N4O. The van der Waals surface area contributed by atoms with Gasteiger partial charge in [-0.25, -0.2) is 4.98 Å². The Morgan fingerprint density at radius 1 is 0.896 bits per heavy atom. The van der Waals surface area contributed by atoms with E-state index < -0.39 is 0 Å². The summed E-state index contributed by atoms with van der Waals surface area (Å²) in [5.41, 5.74) is 12.5. The quantitative estimate of drug-likeness (QED) is 0.322. The van der Waals surface area contributed by atoms with Crippen molar-refractivity contribution in [1.29, 1.82) is 0 Å². The minimum atomic E-state index is 0.267. The van der Waals surface area contributed by atoms with Gasteiger partial charge in [0.2, 0.25) is 0 Å². The molecule has 5 heteroatoms. The van der Waals surface area contributed by atoms with Gasteiger partial charge in [-0.05, 0) is 126 Å². The molecule has 3 N–H and O–H groups in total. The molecular weight excluding hydrogens is 589 g/mol. The van der Waals surface area contributed by atoms with Crippen molar-refractivity contribution in [3.8, 4) is 5.75 Å². The maximum Gasteiger partial charge on any atom is 0.141 e. The van der Waals surface area contributed by atoms with E-state index >= 15 is 0 Å². The number of piperidine rings is 2. The molecule has 2 saturated heterocycles. The highest BCUT2D eigenvalue weighted by Gasteiger charge is 2.58. The van der Waals surface area contributed by atoms with Crippen LogP contribution in [0.2, 0.25) is 0 Å². The number of para-hydroxylation sites is 1. The molecule has 0 amide bonds. The number of aromatic hydroxyl groups is 1. The predicted octanol–water partition coefficient (Wildman–Crippen LogP) is 8.31. The second kappa shape index (κ2) is 15.5. The fourth-order valence-corrected chi connectivity index (χ4v) is 9.93. The number of phenols is 1. The summed E-state index contributed by atoms with van der Waals surface area (Å²) in [5.74, 6) is 1.67. The smallest absolute Gasteiger partial charge is 0.141 e. The molecule has 5 aliphatic heterocycles. The van der Waals surface area contributed by atoms with Crippen molar-refractivity contribution in [2.24, 2.45) is 23.0 Å². The number of hydrogen-bond donors (Lipinski definition) is 2. The highest BCUT2D eigenvalue weighted by atomic mass is 16.3. The largest absolute Gasteiger partial charge is 0.506 e. The van der Waals surface area contributed by atoms with E-state index in [1.54, 1.807) is 11.6 Å². The molecule has 6 aliphatic rings. The van der Waals surface area contributed by atoms with Crippen LogP contribution in [-0.2, 0) is 12.8 Å². The molecule has 6 unspecified atom stereocenters. The molecule has 1 aliphatic carbocycles. The van der Waals surface area contributed by atoms with E-state index in [9.17, 15) is 5.11 Å². The van der Waals surface area contributed by atoms with Gasteiger partial charge in [-0.1, -0.05) is 84.5 Å². The first-order chi connectivity index (χ1) is 23.7. The third-order valence-electron chi connectivity index (χ3n) is 11.9. The summed E-state index contributed by atoms with van der Waals surface area (Å²) < 4.78 is 0. The molecule has 6 bridgehead atoms. The fourth-order valence-electron chi connectivity index (χ4n) is 9.93. The number of phenolic OH excluding ortho intramolecular Hbond substituents is 1. The predicted molar refractivity (Wildman–Crippen MR) is 201 cm³/mol. The van der Waals surface area contributed by atoms with Crippen LogP contribution < -0.4 is 5.73 Å². The van der Waals surface area contributed by atoms with E-state index in [-0.39, 0.29) is 11.2 Å². The molecule has 2 aromatic rings. The fraction of sp³-hybridized carbons (Fsp3) is 0.512. The summed E-state index contributed by atoms with van der Waals surface area (Å²) in [6.07, 6.45) is 39.2. The van der Waals surface area contributed by atoms with E-state index in [1.165, 1.54) is 43.6 Å². The topological polar surface area (TPSA) is 65.6 Å². The number of aryl methyl sites for hydroxylation is 1. The number of nitrogens with zero attached hydrogens (tertiary/aromatic N) is 3. The van der Waals surface area contributed by atoms with Gasteiger partial charge in [-0.15, -0.1) is 0 Å². The summed E-state index contributed by atoms with van der Waals surface area (Å²) in [7, 11) is 0. The third-order valence-corrected chi connectivity index (χ3v) is 11.9. The van der Waals surface area contributed by atoms with Gasteiger partial charge in [0.05, 0.1) is 0 Å². The lowest BCUT2D eigenvalue weighted by Crippen LogP contribution is -2.68. The highest BCUT2D eigenvalue weighted by Crippen LogP contribution is 2.57. The number of benzene rings is 1. The number of rotatable bonds is 2. The van der Waals surface area contributed by atoms with E-state index in [0.717, 1.165) is 99.8 Å². The first-order valence-electron chi connectivity index (χ1n) is 18.9. The Balaban J connectivity index is 1.24. The van der Waals surface area contributed by atoms with Gasteiger partial charge in [-0.2, -0.15) is 0 Å². The van der Waals surface area contributed by atoms with E-state index in [0.29, 0.717) is 18.5 Å². The standard InChI is InChI=1S/C43H56N4O/c44-26-23-35-36-19-12-14-25-43-32-46-27-15-10-8-6-4-2-1-3-5-7-9-11-18-33-30-34(38(43)24-29-46)31-47(42(33)43)28-16-13-21-39(36)45-41-37(35)20-17-22-40(41)48/h2-5,8-12,17,19-20,22,30,34,38,42,48H,1,6-7,13-16,18,21,23-29,31-32,44H2/b4-2-,5-3-,10-8-,11-9-,19-12-. The zero-order chi connectivity index (χ0) is 32.8. The average molecular weight is 645 g/mol. The number of aromatic nitrogens is 1. The lowest BCUT2D eigenvalue weighted by molar-refractivity contribution is -0.109. The van der Waals surface area contributed by atoms with Gasteiger partial charge < -0.3 is 15.7 Å². The maximum absolute atomic E-state index is 10.8. The molecule has 48 heavy (non-hydrogen) atoms. The van der Waals surface area contributed by atoms with Crippen LogP contribution in [0.25, 0.3) is 17.0 Å². The molecule has 2 fully saturated rings. The normalized spacial score (nSPS) is 34.5. The van der Waals surface area contributed by atoms with Crippen LogP contribution in [0.1, 0.15) is 81.0 Å². The first-order valence-corrected chi connectivity index (χ1v) is 18.9. The highest BCUT2D eigenvalue weighted by molar-refractivity contribution is 5.90. The van der Waals surface area contributed by atoms with Crippen molar-refractivity contribution >= 4 is 17.0 Å². The van der Waals surface area contributed by atoms with Gasteiger partial charge in [0.25, 0.3) is 0 Å². The van der Waals surface area contributed by atoms with Crippen molar-refractivity contribution in [3.05, 3.63) is 101 Å². The minimum Gasteiger partial charge on any atom is -0.506 e. The van der Waals surface area contributed by atoms with Crippen LogP contribution in [0.5, 0.6) is 5.75 Å². The van der Waals surface area contributed by atoms with Crippen molar-refractivity contribution in [1.82, 2.24) is 14.8 Å². The Kier molecular flexibility index (Phi) is 10.8. The van der Waals surface area contributed by atoms with Crippen molar-refractivity contribution in [2.45, 2.75) is 83.1 Å². The van der Waals surface area contributed by atoms with Crippen molar-refractivity contribution < 1.29 is 5.11 Å². The Morgan fingerprint density at radius 2 is 1.71 bits per heavy atom. The summed E-state index contributed by atoms with van der Waals surface area (Å²) in [6, 6.07) is 6.32. The van der Waals surface area contributed by atoms with Crippen LogP contribution in [0.15, 0.2) is 84.5 Å². The average Bonchev–Trinajstić information content (AvgIpc) is 3.10. The number of fused-ring (bicyclic) bond motifs is 3. The Morgan fingerprint density at radius 3 is 2.54 bits per heavy atom. The molecule has 0 radical (unpaired) electrons.